The largest absolute Gasteiger partial charge is 0.475 e. The molecule has 0 aromatic rings. The van der Waals surface area contributed by atoms with Crippen LogP contribution in [0.1, 0.15) is 13.3 Å². The van der Waals surface area contributed by atoms with E-state index in [1.54, 1.807) is 6.92 Å². The zero-order valence-electron chi connectivity index (χ0n) is 4.55. The summed E-state index contributed by atoms with van der Waals surface area (Å²) in [4.78, 5) is 19.8. The van der Waals surface area contributed by atoms with Gasteiger partial charge in [0.1, 0.15) is 0 Å². The van der Waals surface area contributed by atoms with Crippen LogP contribution in [0.3, 0.4) is 0 Å². The Bertz CT molecular complexity index is 106. The van der Waals surface area contributed by atoms with Crippen molar-refractivity contribution in [2.45, 2.75) is 13.3 Å². The summed E-state index contributed by atoms with van der Waals surface area (Å²) in [5.41, 5.74) is 0. The molecule has 0 atom stereocenters. The van der Waals surface area contributed by atoms with Gasteiger partial charge in [-0.1, -0.05) is 6.92 Å². The molecular weight excluding hydrogens is 108 g/mol. The summed E-state index contributed by atoms with van der Waals surface area (Å²) in [5, 5.41) is 7.93. The van der Waals surface area contributed by atoms with Gasteiger partial charge in [-0.25, -0.2) is 4.79 Å². The Morgan fingerprint density at radius 3 is 2.25 bits per heavy atom. The third kappa shape index (κ3) is 2.34. The summed E-state index contributed by atoms with van der Waals surface area (Å²) >= 11 is 0. The highest BCUT2D eigenvalue weighted by Crippen LogP contribution is 1.85. The summed E-state index contributed by atoms with van der Waals surface area (Å²) in [7, 11) is 0. The number of rotatable bonds is 3. The van der Waals surface area contributed by atoms with E-state index >= 15 is 0 Å². The van der Waals surface area contributed by atoms with Gasteiger partial charge in [0.05, 0.1) is 0 Å². The lowest BCUT2D eigenvalue weighted by atomic mass is 10.2. The van der Waals surface area contributed by atoms with E-state index in [9.17, 15) is 9.59 Å². The highest BCUT2D eigenvalue weighted by molar-refractivity contribution is 6.36. The molecule has 0 aromatic heterocycles. The summed E-state index contributed by atoms with van der Waals surface area (Å²) in [6.45, 7) is 1.71. The fourth-order valence-corrected chi connectivity index (χ4v) is 0.273. The van der Waals surface area contributed by atoms with Gasteiger partial charge in [0, 0.05) is 6.42 Å². The summed E-state index contributed by atoms with van der Waals surface area (Å²) < 4.78 is 0. The van der Waals surface area contributed by atoms with Crippen molar-refractivity contribution < 1.29 is 14.7 Å². The van der Waals surface area contributed by atoms with Crippen molar-refractivity contribution >= 4 is 11.8 Å². The van der Waals surface area contributed by atoms with E-state index in [1.165, 1.54) is 0 Å². The maximum atomic E-state index is 10.1. The first-order valence-corrected chi connectivity index (χ1v) is 2.29. The fourth-order valence-electron chi connectivity index (χ4n) is 0.273. The molecule has 0 rings (SSSR count). The van der Waals surface area contributed by atoms with Gasteiger partial charge >= 0.3 is 5.97 Å². The van der Waals surface area contributed by atoms with E-state index in [4.69, 9.17) is 5.11 Å². The van der Waals surface area contributed by atoms with E-state index in [-0.39, 0.29) is 0 Å². The molecule has 0 amide bonds. The molecule has 0 spiro atoms. The highest BCUT2D eigenvalue weighted by Gasteiger charge is 2.08. The number of carbonyl (C=O) groups excluding carboxylic acids is 1. The molecule has 0 aromatic carbocycles. The van der Waals surface area contributed by atoms with E-state index in [0.717, 1.165) is 6.42 Å². The van der Waals surface area contributed by atoms with Gasteiger partial charge in [-0.15, -0.1) is 0 Å². The van der Waals surface area contributed by atoms with E-state index in [0.29, 0.717) is 6.42 Å². The summed E-state index contributed by atoms with van der Waals surface area (Å²) in [6, 6.07) is 0. The first-order valence-electron chi connectivity index (χ1n) is 2.29. The second-order valence-electron chi connectivity index (χ2n) is 1.28. The van der Waals surface area contributed by atoms with E-state index in [1.807, 2.05) is 0 Å². The predicted octanol–water partition coefficient (Wildman–Crippen LogP) is 0.254. The molecule has 1 N–H and O–H groups in total. The Hall–Kier alpha value is -0.860. The average molecular weight is 115 g/mol. The molecule has 3 heteroatoms. The lowest BCUT2D eigenvalue weighted by Gasteiger charge is -1.85. The van der Waals surface area contributed by atoms with Gasteiger partial charge in [-0.2, -0.15) is 0 Å². The Morgan fingerprint density at radius 1 is 1.62 bits per heavy atom. The average Bonchev–Trinajstić information content (AvgIpc) is 1.67. The summed E-state index contributed by atoms with van der Waals surface area (Å²) in [6.07, 6.45) is 1.60. The first-order chi connectivity index (χ1) is 3.68. The lowest BCUT2D eigenvalue weighted by Crippen LogP contribution is -2.11. The third-order valence-electron chi connectivity index (χ3n) is 0.600. The number of Topliss-reactive ketones (excluding diaryl/α,β-unsaturated/α-hetero) is 1. The fraction of sp³-hybridized carbons (Fsp3) is 0.400. The minimum absolute atomic E-state index is 0.477. The number of hydrogen-bond donors (Lipinski definition) is 1. The van der Waals surface area contributed by atoms with Gasteiger partial charge in [0.25, 0.3) is 0 Å². The van der Waals surface area contributed by atoms with Gasteiger partial charge < -0.3 is 5.11 Å². The van der Waals surface area contributed by atoms with Crippen LogP contribution in [0.25, 0.3) is 0 Å². The molecule has 0 aliphatic rings. The van der Waals surface area contributed by atoms with Gasteiger partial charge in [0.15, 0.2) is 0 Å². The second-order valence-corrected chi connectivity index (χ2v) is 1.28. The predicted molar refractivity (Wildman–Crippen MR) is 27.2 cm³/mol. The van der Waals surface area contributed by atoms with Crippen LogP contribution in [0.15, 0.2) is 0 Å². The normalized spacial score (nSPS) is 8.62. The van der Waals surface area contributed by atoms with Gasteiger partial charge in [-0.05, 0) is 6.42 Å². The number of ketones is 1. The summed E-state index contributed by atoms with van der Waals surface area (Å²) in [5.74, 6) is -2.21. The molecule has 0 bridgehead atoms. The zero-order valence-corrected chi connectivity index (χ0v) is 4.55. The zero-order chi connectivity index (χ0) is 6.57. The van der Waals surface area contributed by atoms with Crippen molar-refractivity contribution in [1.82, 2.24) is 0 Å². The van der Waals surface area contributed by atoms with Crippen LogP contribution < -0.4 is 0 Å². The number of carbonyl (C=O) groups is 2. The van der Waals surface area contributed by atoms with Crippen LogP contribution >= 0.6 is 0 Å². The molecule has 0 aliphatic heterocycles. The van der Waals surface area contributed by atoms with Gasteiger partial charge in [-0.3, -0.25) is 4.79 Å². The Morgan fingerprint density at radius 2 is 2.12 bits per heavy atom. The molecule has 0 heterocycles. The van der Waals surface area contributed by atoms with Crippen LogP contribution in [0.2, 0.25) is 0 Å². The van der Waals surface area contributed by atoms with Crippen molar-refractivity contribution in [1.29, 1.82) is 0 Å². The molecule has 1 radical (unpaired) electrons. The van der Waals surface area contributed by atoms with Crippen molar-refractivity contribution in [3.8, 4) is 0 Å². The maximum absolute atomic E-state index is 10.1. The minimum atomic E-state index is -1.38. The Labute approximate surface area is 47.3 Å². The van der Waals surface area contributed by atoms with Crippen LogP contribution in [0, 0.1) is 6.42 Å². The Kier molecular flexibility index (Phi) is 2.84. The van der Waals surface area contributed by atoms with Crippen molar-refractivity contribution in [3.63, 3.8) is 0 Å². The van der Waals surface area contributed by atoms with Crippen molar-refractivity contribution in [3.05, 3.63) is 6.42 Å². The molecule has 8 heavy (non-hydrogen) atoms. The molecule has 0 unspecified atom stereocenters. The number of aliphatic carboxylic acids is 1. The molecule has 0 saturated heterocycles. The topological polar surface area (TPSA) is 54.4 Å². The maximum Gasteiger partial charge on any atom is 0.372 e. The lowest BCUT2D eigenvalue weighted by molar-refractivity contribution is -0.147. The molecular formula is C5H7O3. The molecule has 0 aliphatic carbocycles. The standard InChI is InChI=1S/C5H7O3/c1-2-3-4(6)5(7)8/h3H,2H2,1H3,(H,7,8). The van der Waals surface area contributed by atoms with E-state index in [2.05, 4.69) is 0 Å². The minimum Gasteiger partial charge on any atom is -0.475 e. The molecule has 45 valence electrons. The van der Waals surface area contributed by atoms with E-state index < -0.39 is 11.8 Å². The Balaban J connectivity index is 3.49. The number of carboxylic acid groups (broad SMARTS) is 1. The third-order valence-corrected chi connectivity index (χ3v) is 0.600. The highest BCUT2D eigenvalue weighted by atomic mass is 16.4. The van der Waals surface area contributed by atoms with Crippen LogP contribution in [-0.4, -0.2) is 16.9 Å². The smallest absolute Gasteiger partial charge is 0.372 e. The van der Waals surface area contributed by atoms with Gasteiger partial charge in [0.2, 0.25) is 5.78 Å². The first kappa shape index (κ1) is 7.14. The van der Waals surface area contributed by atoms with Crippen molar-refractivity contribution in [2.75, 3.05) is 0 Å². The molecule has 3 nitrogen and oxygen atoms in total. The van der Waals surface area contributed by atoms with Crippen LogP contribution in [0.4, 0.5) is 0 Å². The monoisotopic (exact) mass is 115 g/mol. The number of hydrogen-bond acceptors (Lipinski definition) is 2. The molecule has 0 saturated carbocycles. The second kappa shape index (κ2) is 3.18. The SMILES string of the molecule is CC[CH]C(=O)C(=O)O. The quantitative estimate of drug-likeness (QED) is 0.536. The van der Waals surface area contributed by atoms with Crippen LogP contribution in [0.5, 0.6) is 0 Å². The molecule has 0 fully saturated rings. The van der Waals surface area contributed by atoms with Crippen LogP contribution in [-0.2, 0) is 9.59 Å². The number of carboxylic acids is 1. The van der Waals surface area contributed by atoms with Crippen molar-refractivity contribution in [2.24, 2.45) is 0 Å².